The molecule has 0 amide bonds. The van der Waals surface area contributed by atoms with Gasteiger partial charge in [0.2, 0.25) is 0 Å². The highest BCUT2D eigenvalue weighted by atomic mass is 16.5. The first-order valence-electron chi connectivity index (χ1n) is 4.62. The topological polar surface area (TPSA) is 29.5 Å². The van der Waals surface area contributed by atoms with Gasteiger partial charge in [0.15, 0.2) is 0 Å². The Labute approximate surface area is 78.2 Å². The summed E-state index contributed by atoms with van der Waals surface area (Å²) in [5, 5.41) is 10.1. The number of hydrogen-bond acceptors (Lipinski definition) is 2. The molecule has 1 N–H and O–H groups in total. The second kappa shape index (κ2) is 3.04. The van der Waals surface area contributed by atoms with Crippen molar-refractivity contribution in [3.05, 3.63) is 29.8 Å². The first-order valence-corrected chi connectivity index (χ1v) is 4.62. The summed E-state index contributed by atoms with van der Waals surface area (Å²) >= 11 is 0. The first-order chi connectivity index (χ1) is 6.26. The van der Waals surface area contributed by atoms with Gasteiger partial charge in [0, 0.05) is 5.56 Å². The van der Waals surface area contributed by atoms with Gasteiger partial charge < -0.3 is 9.84 Å². The zero-order chi connectivity index (χ0) is 9.31. The van der Waals surface area contributed by atoms with Gasteiger partial charge in [0.1, 0.15) is 5.75 Å². The molecule has 1 saturated carbocycles. The molecule has 0 bridgehead atoms. The Morgan fingerprint density at radius 3 is 2.54 bits per heavy atom. The van der Waals surface area contributed by atoms with Crippen molar-refractivity contribution in [3.63, 3.8) is 0 Å². The Kier molecular flexibility index (Phi) is 2.00. The number of hydrogen-bond donors (Lipinski definition) is 1. The van der Waals surface area contributed by atoms with E-state index in [9.17, 15) is 5.11 Å². The third kappa shape index (κ3) is 1.31. The monoisotopic (exact) mass is 178 g/mol. The standard InChI is InChI=1S/C11H14O2/c1-13-10-6-3-2-5-9(10)11(12)7-4-8-11/h2-3,5-6,12H,4,7-8H2,1H3. The first kappa shape index (κ1) is 8.57. The van der Waals surface area contributed by atoms with Gasteiger partial charge in [0.05, 0.1) is 12.7 Å². The third-order valence-electron chi connectivity index (χ3n) is 2.79. The maximum atomic E-state index is 10.1. The summed E-state index contributed by atoms with van der Waals surface area (Å²) in [6.07, 6.45) is 2.81. The maximum Gasteiger partial charge on any atom is 0.124 e. The van der Waals surface area contributed by atoms with E-state index in [1.165, 1.54) is 0 Å². The lowest BCUT2D eigenvalue weighted by Gasteiger charge is -2.37. The van der Waals surface area contributed by atoms with E-state index in [0.717, 1.165) is 30.6 Å². The quantitative estimate of drug-likeness (QED) is 0.751. The average Bonchev–Trinajstić information content (AvgIpc) is 2.14. The Hall–Kier alpha value is -1.02. The Bertz CT molecular complexity index is 303. The van der Waals surface area contributed by atoms with Crippen molar-refractivity contribution in [3.8, 4) is 5.75 Å². The van der Waals surface area contributed by atoms with Crippen LogP contribution < -0.4 is 4.74 Å². The van der Waals surface area contributed by atoms with Gasteiger partial charge >= 0.3 is 0 Å². The molecule has 0 aromatic heterocycles. The molecule has 0 atom stereocenters. The minimum absolute atomic E-state index is 0.618. The van der Waals surface area contributed by atoms with Crippen LogP contribution in [0.5, 0.6) is 5.75 Å². The van der Waals surface area contributed by atoms with E-state index >= 15 is 0 Å². The van der Waals surface area contributed by atoms with Crippen LogP contribution in [0.15, 0.2) is 24.3 Å². The van der Waals surface area contributed by atoms with Crippen LogP contribution in [0.4, 0.5) is 0 Å². The van der Waals surface area contributed by atoms with Gasteiger partial charge in [-0.2, -0.15) is 0 Å². The molecule has 13 heavy (non-hydrogen) atoms. The molecular formula is C11H14O2. The Morgan fingerprint density at radius 2 is 2.00 bits per heavy atom. The van der Waals surface area contributed by atoms with Gasteiger partial charge in [-0.25, -0.2) is 0 Å². The van der Waals surface area contributed by atoms with E-state index in [1.807, 2.05) is 24.3 Å². The van der Waals surface area contributed by atoms with Gasteiger partial charge in [0.25, 0.3) is 0 Å². The number of benzene rings is 1. The summed E-state index contributed by atoms with van der Waals surface area (Å²) in [5.74, 6) is 0.796. The van der Waals surface area contributed by atoms with E-state index in [0.29, 0.717) is 0 Å². The Balaban J connectivity index is 2.38. The lowest BCUT2D eigenvalue weighted by molar-refractivity contribution is -0.0404. The van der Waals surface area contributed by atoms with Crippen LogP contribution in [0.1, 0.15) is 24.8 Å². The van der Waals surface area contributed by atoms with E-state index in [2.05, 4.69) is 0 Å². The summed E-state index contributed by atoms with van der Waals surface area (Å²) in [7, 11) is 1.64. The van der Waals surface area contributed by atoms with Crippen molar-refractivity contribution < 1.29 is 9.84 Å². The summed E-state index contributed by atoms with van der Waals surface area (Å²) < 4.78 is 5.21. The van der Waals surface area contributed by atoms with Gasteiger partial charge in [-0.1, -0.05) is 18.2 Å². The highest BCUT2D eigenvalue weighted by molar-refractivity contribution is 5.39. The summed E-state index contributed by atoms with van der Waals surface area (Å²) in [6, 6.07) is 7.70. The van der Waals surface area contributed by atoms with Crippen molar-refractivity contribution in [2.45, 2.75) is 24.9 Å². The van der Waals surface area contributed by atoms with E-state index < -0.39 is 5.60 Å². The van der Waals surface area contributed by atoms with E-state index in [4.69, 9.17) is 4.74 Å². The molecule has 1 aromatic rings. The maximum absolute atomic E-state index is 10.1. The van der Waals surface area contributed by atoms with Crippen molar-refractivity contribution >= 4 is 0 Å². The van der Waals surface area contributed by atoms with Gasteiger partial charge in [-0.15, -0.1) is 0 Å². The van der Waals surface area contributed by atoms with Crippen LogP contribution in [0.3, 0.4) is 0 Å². The van der Waals surface area contributed by atoms with Crippen LogP contribution in [0.25, 0.3) is 0 Å². The smallest absolute Gasteiger partial charge is 0.124 e. The molecule has 1 fully saturated rings. The second-order valence-corrected chi connectivity index (χ2v) is 3.59. The van der Waals surface area contributed by atoms with Crippen LogP contribution in [0, 0.1) is 0 Å². The predicted octanol–water partition coefficient (Wildman–Crippen LogP) is 2.07. The zero-order valence-electron chi connectivity index (χ0n) is 7.79. The minimum Gasteiger partial charge on any atom is -0.496 e. The summed E-state index contributed by atoms with van der Waals surface area (Å²) in [6.45, 7) is 0. The Morgan fingerprint density at radius 1 is 1.31 bits per heavy atom. The SMILES string of the molecule is COc1ccccc1C1(O)CCC1. The fourth-order valence-corrected chi connectivity index (χ4v) is 1.81. The predicted molar refractivity (Wildman–Crippen MR) is 50.7 cm³/mol. The van der Waals surface area contributed by atoms with Crippen molar-refractivity contribution in [1.29, 1.82) is 0 Å². The number of ether oxygens (including phenoxy) is 1. The number of para-hydroxylation sites is 1. The molecule has 0 radical (unpaired) electrons. The molecule has 2 nitrogen and oxygen atoms in total. The van der Waals surface area contributed by atoms with Crippen molar-refractivity contribution in [1.82, 2.24) is 0 Å². The van der Waals surface area contributed by atoms with Crippen LogP contribution in [-0.4, -0.2) is 12.2 Å². The van der Waals surface area contributed by atoms with Gasteiger partial charge in [-0.05, 0) is 25.3 Å². The molecule has 1 aliphatic rings. The molecule has 0 unspecified atom stereocenters. The van der Waals surface area contributed by atoms with E-state index in [-0.39, 0.29) is 0 Å². The normalized spacial score (nSPS) is 19.2. The number of aliphatic hydroxyl groups is 1. The molecule has 1 aromatic carbocycles. The van der Waals surface area contributed by atoms with E-state index in [1.54, 1.807) is 7.11 Å². The average molecular weight is 178 g/mol. The van der Waals surface area contributed by atoms with Gasteiger partial charge in [-0.3, -0.25) is 0 Å². The fourth-order valence-electron chi connectivity index (χ4n) is 1.81. The molecular weight excluding hydrogens is 164 g/mol. The number of rotatable bonds is 2. The van der Waals surface area contributed by atoms with Crippen LogP contribution in [0.2, 0.25) is 0 Å². The summed E-state index contributed by atoms with van der Waals surface area (Å²) in [5.41, 5.74) is 0.316. The highest BCUT2D eigenvalue weighted by Gasteiger charge is 2.38. The second-order valence-electron chi connectivity index (χ2n) is 3.59. The van der Waals surface area contributed by atoms with Crippen molar-refractivity contribution in [2.75, 3.05) is 7.11 Å². The minimum atomic E-state index is -0.618. The summed E-state index contributed by atoms with van der Waals surface area (Å²) in [4.78, 5) is 0. The molecule has 0 heterocycles. The zero-order valence-corrected chi connectivity index (χ0v) is 7.79. The van der Waals surface area contributed by atoms with Crippen molar-refractivity contribution in [2.24, 2.45) is 0 Å². The number of methoxy groups -OCH3 is 1. The van der Waals surface area contributed by atoms with Crippen LogP contribution >= 0.6 is 0 Å². The molecule has 0 spiro atoms. The molecule has 2 heteroatoms. The lowest BCUT2D eigenvalue weighted by atomic mass is 9.75. The van der Waals surface area contributed by atoms with Crippen LogP contribution in [-0.2, 0) is 5.60 Å². The molecule has 2 rings (SSSR count). The molecule has 0 aliphatic heterocycles. The third-order valence-corrected chi connectivity index (χ3v) is 2.79. The molecule has 0 saturated heterocycles. The molecule has 1 aliphatic carbocycles. The largest absolute Gasteiger partial charge is 0.496 e. The molecule has 70 valence electrons. The lowest BCUT2D eigenvalue weighted by Crippen LogP contribution is -2.33. The highest BCUT2D eigenvalue weighted by Crippen LogP contribution is 2.44. The fraction of sp³-hybridized carbons (Fsp3) is 0.455.